The van der Waals surface area contributed by atoms with Crippen LogP contribution in [0.3, 0.4) is 0 Å². The predicted molar refractivity (Wildman–Crippen MR) is 126 cm³/mol. The number of quaternary nitrogens is 1. The molecule has 3 nitrogen and oxygen atoms in total. The largest absolute Gasteiger partial charge is 0.316 e. The van der Waals surface area contributed by atoms with Crippen LogP contribution in [-0.4, -0.2) is 37.2 Å². The summed E-state index contributed by atoms with van der Waals surface area (Å²) in [5.74, 6) is 0. The number of benzene rings is 2. The summed E-state index contributed by atoms with van der Waals surface area (Å²) in [6.07, 6.45) is 6.59. The molecule has 29 heavy (non-hydrogen) atoms. The van der Waals surface area contributed by atoms with Crippen LogP contribution in [0.15, 0.2) is 60.7 Å². The topological polar surface area (TPSA) is 24.9 Å². The van der Waals surface area contributed by atoms with Gasteiger partial charge in [-0.2, -0.15) is 0 Å². The number of para-hydroxylation sites is 1. The molecule has 0 unspecified atom stereocenters. The fourth-order valence-electron chi connectivity index (χ4n) is 5.46. The Hall–Kier alpha value is -1.94. The average molecular weight is 409 g/mol. The molecule has 0 saturated carbocycles. The minimum Gasteiger partial charge on any atom is -0.316 e. The van der Waals surface area contributed by atoms with E-state index in [1.807, 2.05) is 0 Å². The first-order valence-electron chi connectivity index (χ1n) is 10.9. The zero-order valence-corrected chi connectivity index (χ0v) is 17.8. The van der Waals surface area contributed by atoms with E-state index in [-0.39, 0.29) is 12.4 Å². The van der Waals surface area contributed by atoms with E-state index < -0.39 is 0 Å². The Balaban J connectivity index is 0.00000205. The number of pyridine rings is 1. The molecule has 0 amide bonds. The molecule has 1 aromatic heterocycles. The van der Waals surface area contributed by atoms with Gasteiger partial charge in [-0.1, -0.05) is 42.5 Å². The third-order valence-electron chi connectivity index (χ3n) is 6.87. The molecular formula is C25H31ClN3+. The van der Waals surface area contributed by atoms with Crippen LogP contribution >= 0.6 is 12.4 Å². The molecule has 3 heterocycles. The quantitative estimate of drug-likeness (QED) is 0.573. The van der Waals surface area contributed by atoms with Crippen molar-refractivity contribution in [1.29, 1.82) is 0 Å². The molecule has 0 radical (unpaired) electrons. The maximum Gasteiger partial charge on any atom is 0.144 e. The molecule has 3 aromatic rings. The van der Waals surface area contributed by atoms with Gasteiger partial charge in [0.05, 0.1) is 35.7 Å². The average Bonchev–Trinajstić information content (AvgIpc) is 2.80. The van der Waals surface area contributed by atoms with E-state index in [2.05, 4.69) is 66.0 Å². The van der Waals surface area contributed by atoms with Crippen molar-refractivity contribution in [2.24, 2.45) is 0 Å². The molecule has 2 fully saturated rings. The zero-order chi connectivity index (χ0) is 18.8. The van der Waals surface area contributed by atoms with Gasteiger partial charge in [0.15, 0.2) is 0 Å². The smallest absolute Gasteiger partial charge is 0.144 e. The number of fused-ring (bicyclic) bond motifs is 1. The second-order valence-corrected chi connectivity index (χ2v) is 8.43. The molecule has 5 rings (SSSR count). The lowest BCUT2D eigenvalue weighted by Gasteiger charge is -2.48. The third kappa shape index (κ3) is 3.79. The highest BCUT2D eigenvalue weighted by molar-refractivity contribution is 5.93. The highest BCUT2D eigenvalue weighted by Crippen LogP contribution is 2.41. The molecule has 2 saturated heterocycles. The van der Waals surface area contributed by atoms with Gasteiger partial charge in [0.25, 0.3) is 0 Å². The summed E-state index contributed by atoms with van der Waals surface area (Å²) in [6.45, 7) is 4.85. The Morgan fingerprint density at radius 3 is 2.28 bits per heavy atom. The fourth-order valence-corrected chi connectivity index (χ4v) is 5.46. The molecule has 2 aliphatic heterocycles. The van der Waals surface area contributed by atoms with Gasteiger partial charge < -0.3 is 5.32 Å². The molecule has 2 aliphatic rings. The zero-order valence-electron chi connectivity index (χ0n) is 17.0. The van der Waals surface area contributed by atoms with Crippen molar-refractivity contribution in [2.45, 2.75) is 38.1 Å². The van der Waals surface area contributed by atoms with Crippen molar-refractivity contribution in [2.75, 3.05) is 26.2 Å². The Labute approximate surface area is 180 Å². The summed E-state index contributed by atoms with van der Waals surface area (Å²) >= 11 is 0. The number of aromatic nitrogens is 1. The van der Waals surface area contributed by atoms with Crippen LogP contribution in [0.2, 0.25) is 0 Å². The molecular weight excluding hydrogens is 378 g/mol. The highest BCUT2D eigenvalue weighted by Gasteiger charge is 2.42. The van der Waals surface area contributed by atoms with Gasteiger partial charge in [-0.25, -0.2) is 4.98 Å². The Morgan fingerprint density at radius 1 is 0.828 bits per heavy atom. The minimum atomic E-state index is 0. The van der Waals surface area contributed by atoms with E-state index in [1.54, 1.807) is 0 Å². The number of halogens is 1. The highest BCUT2D eigenvalue weighted by atomic mass is 35.5. The fraction of sp³-hybridized carbons (Fsp3) is 0.400. The standard InChI is InChI=1S/C25H30N3.ClH/c1-3-9-20(10-4-1)24-19-25(22-11-5-6-12-23(22)27-24)28(17-7-2-8-18-28)21-13-15-26-16-14-21;/h1,3-6,9-12,19,21,26H,2,7-8,13-18H2;1H/q+1;. The van der Waals surface area contributed by atoms with Gasteiger partial charge in [-0.15, -0.1) is 12.4 Å². The maximum atomic E-state index is 5.05. The molecule has 152 valence electrons. The van der Waals surface area contributed by atoms with E-state index >= 15 is 0 Å². The van der Waals surface area contributed by atoms with Crippen LogP contribution in [0.4, 0.5) is 5.69 Å². The lowest BCUT2D eigenvalue weighted by Crippen LogP contribution is -2.62. The van der Waals surface area contributed by atoms with Gasteiger partial charge in [-0.3, -0.25) is 4.48 Å². The Bertz CT molecular complexity index is 945. The van der Waals surface area contributed by atoms with Crippen LogP contribution in [0.5, 0.6) is 0 Å². The number of piperidine rings is 2. The lowest BCUT2D eigenvalue weighted by molar-refractivity contribution is 0.140. The van der Waals surface area contributed by atoms with Crippen molar-refractivity contribution < 1.29 is 0 Å². The molecule has 1 N–H and O–H groups in total. The lowest BCUT2D eigenvalue weighted by atomic mass is 9.93. The number of hydrogen-bond acceptors (Lipinski definition) is 2. The van der Waals surface area contributed by atoms with E-state index in [4.69, 9.17) is 4.98 Å². The number of likely N-dealkylation sites (tertiary alicyclic amines) is 1. The summed E-state index contributed by atoms with van der Waals surface area (Å²) in [5, 5.41) is 4.92. The third-order valence-corrected chi connectivity index (χ3v) is 6.87. The van der Waals surface area contributed by atoms with Gasteiger partial charge >= 0.3 is 0 Å². The summed E-state index contributed by atoms with van der Waals surface area (Å²) in [6, 6.07) is 22.6. The second-order valence-electron chi connectivity index (χ2n) is 8.43. The van der Waals surface area contributed by atoms with Crippen LogP contribution in [0, 0.1) is 0 Å². The van der Waals surface area contributed by atoms with Gasteiger partial charge in [0.1, 0.15) is 5.69 Å². The molecule has 0 spiro atoms. The molecule has 0 atom stereocenters. The van der Waals surface area contributed by atoms with Crippen LogP contribution < -0.4 is 9.80 Å². The summed E-state index contributed by atoms with van der Waals surface area (Å²) in [7, 11) is 0. The van der Waals surface area contributed by atoms with Crippen molar-refractivity contribution >= 4 is 29.0 Å². The van der Waals surface area contributed by atoms with Crippen molar-refractivity contribution in [1.82, 2.24) is 14.8 Å². The normalized spacial score (nSPS) is 19.6. The van der Waals surface area contributed by atoms with Crippen molar-refractivity contribution in [3.63, 3.8) is 0 Å². The predicted octanol–water partition coefficient (Wildman–Crippen LogP) is 5.57. The van der Waals surface area contributed by atoms with Gasteiger partial charge in [0.2, 0.25) is 0 Å². The summed E-state index contributed by atoms with van der Waals surface area (Å²) < 4.78 is 1.16. The van der Waals surface area contributed by atoms with Gasteiger partial charge in [0, 0.05) is 37.6 Å². The molecule has 0 bridgehead atoms. The minimum absolute atomic E-state index is 0. The van der Waals surface area contributed by atoms with E-state index in [0.717, 1.165) is 34.8 Å². The van der Waals surface area contributed by atoms with Crippen LogP contribution in [0.25, 0.3) is 22.2 Å². The molecule has 4 heteroatoms. The Kier molecular flexibility index (Phi) is 6.19. The molecule has 2 aromatic carbocycles. The van der Waals surface area contributed by atoms with Crippen LogP contribution in [0.1, 0.15) is 32.1 Å². The van der Waals surface area contributed by atoms with Crippen LogP contribution in [-0.2, 0) is 0 Å². The van der Waals surface area contributed by atoms with Gasteiger partial charge in [-0.05, 0) is 31.4 Å². The molecule has 0 aliphatic carbocycles. The Morgan fingerprint density at radius 2 is 1.52 bits per heavy atom. The first kappa shape index (κ1) is 20.3. The number of nitrogens with zero attached hydrogens (tertiary/aromatic N) is 2. The number of rotatable bonds is 3. The SMILES string of the molecule is Cl.c1ccc(-c2cc([N+]3(C4CCNCC4)CCCCC3)c3ccccc3n2)cc1. The first-order chi connectivity index (χ1) is 13.9. The van der Waals surface area contributed by atoms with Crippen molar-refractivity contribution in [3.8, 4) is 11.3 Å². The second kappa shape index (κ2) is 8.83. The van der Waals surface area contributed by atoms with Crippen molar-refractivity contribution in [3.05, 3.63) is 60.7 Å². The summed E-state index contributed by atoms with van der Waals surface area (Å²) in [5.41, 5.74) is 4.98. The van der Waals surface area contributed by atoms with E-state index in [0.29, 0.717) is 0 Å². The van der Waals surface area contributed by atoms with E-state index in [9.17, 15) is 0 Å². The monoisotopic (exact) mass is 408 g/mol. The maximum absolute atomic E-state index is 5.05. The number of hydrogen-bond donors (Lipinski definition) is 1. The van der Waals surface area contributed by atoms with E-state index in [1.165, 1.54) is 61.8 Å². The summed E-state index contributed by atoms with van der Waals surface area (Å²) in [4.78, 5) is 5.05. The first-order valence-corrected chi connectivity index (χ1v) is 10.9. The number of nitrogens with one attached hydrogen (secondary N) is 1.